The van der Waals surface area contributed by atoms with Crippen LogP contribution in [-0.2, 0) is 19.1 Å². The summed E-state index contributed by atoms with van der Waals surface area (Å²) in [5, 5.41) is 3.06. The molecule has 7 nitrogen and oxygen atoms in total. The predicted molar refractivity (Wildman–Crippen MR) is 95.9 cm³/mol. The van der Waals surface area contributed by atoms with Crippen LogP contribution in [0.15, 0.2) is 24.3 Å². The molecule has 0 saturated heterocycles. The van der Waals surface area contributed by atoms with Crippen molar-refractivity contribution in [3.05, 3.63) is 29.3 Å². The van der Waals surface area contributed by atoms with Crippen molar-refractivity contribution >= 4 is 29.6 Å². The van der Waals surface area contributed by atoms with Crippen LogP contribution in [0.2, 0.25) is 5.02 Å². The quantitative estimate of drug-likeness (QED) is 0.285. The van der Waals surface area contributed by atoms with Crippen molar-refractivity contribution in [2.75, 3.05) is 6.54 Å². The lowest BCUT2D eigenvalue weighted by Crippen LogP contribution is -2.32. The van der Waals surface area contributed by atoms with Gasteiger partial charge in [0.25, 0.3) is 0 Å². The van der Waals surface area contributed by atoms with Crippen LogP contribution in [0.25, 0.3) is 0 Å². The molecular formula is C18H24ClNO6. The van der Waals surface area contributed by atoms with Crippen LogP contribution in [0.3, 0.4) is 0 Å². The molecule has 0 aliphatic heterocycles. The maximum atomic E-state index is 11.7. The minimum Gasteiger partial charge on any atom is -0.427 e. The highest BCUT2D eigenvalue weighted by atomic mass is 35.5. The van der Waals surface area contributed by atoms with Crippen molar-refractivity contribution in [1.29, 1.82) is 0 Å². The van der Waals surface area contributed by atoms with Crippen molar-refractivity contribution in [2.24, 2.45) is 0 Å². The third kappa shape index (κ3) is 9.27. The summed E-state index contributed by atoms with van der Waals surface area (Å²) in [6.45, 7) is 3.82. The number of halogens is 1. The second-order valence-electron chi connectivity index (χ2n) is 5.44. The fourth-order valence-corrected chi connectivity index (χ4v) is 2.00. The second-order valence-corrected chi connectivity index (χ2v) is 5.88. The molecule has 0 heterocycles. The van der Waals surface area contributed by atoms with Gasteiger partial charge in [-0.1, -0.05) is 25.4 Å². The number of ether oxygens (including phenoxy) is 3. The standard InChI is InChI=1S/C18H24ClNO6/c1-3-6-15(21)25-17(4-2)26-18(23)20-12-5-7-16(22)24-14-10-8-13(19)9-11-14/h8-11,17H,3-7,12H2,1-2H3,(H,20,23). The van der Waals surface area contributed by atoms with Crippen molar-refractivity contribution in [1.82, 2.24) is 5.32 Å². The summed E-state index contributed by atoms with van der Waals surface area (Å²) in [4.78, 5) is 34.8. The number of amides is 1. The van der Waals surface area contributed by atoms with Gasteiger partial charge in [-0.2, -0.15) is 0 Å². The number of alkyl carbamates (subject to hydrolysis) is 1. The molecule has 1 atom stereocenters. The highest BCUT2D eigenvalue weighted by molar-refractivity contribution is 6.30. The van der Waals surface area contributed by atoms with Crippen LogP contribution in [0.1, 0.15) is 46.0 Å². The molecule has 1 N–H and O–H groups in total. The molecule has 1 amide bonds. The Labute approximate surface area is 157 Å². The monoisotopic (exact) mass is 385 g/mol. The van der Waals surface area contributed by atoms with Crippen molar-refractivity contribution in [3.8, 4) is 5.75 Å². The lowest BCUT2D eigenvalue weighted by atomic mass is 10.3. The Bertz CT molecular complexity index is 590. The average molecular weight is 386 g/mol. The molecule has 0 aliphatic rings. The molecule has 1 aromatic carbocycles. The third-order valence-corrected chi connectivity index (χ3v) is 3.41. The first kappa shape index (κ1) is 21.8. The van der Waals surface area contributed by atoms with Gasteiger partial charge in [-0.15, -0.1) is 0 Å². The molecular weight excluding hydrogens is 362 g/mol. The summed E-state index contributed by atoms with van der Waals surface area (Å²) < 4.78 is 15.2. The number of carbonyl (C=O) groups excluding carboxylic acids is 3. The van der Waals surface area contributed by atoms with E-state index in [-0.39, 0.29) is 19.4 Å². The maximum Gasteiger partial charge on any atom is 0.410 e. The van der Waals surface area contributed by atoms with E-state index in [1.165, 1.54) is 0 Å². The topological polar surface area (TPSA) is 90.9 Å². The van der Waals surface area contributed by atoms with Crippen LogP contribution < -0.4 is 10.1 Å². The van der Waals surface area contributed by atoms with Crippen LogP contribution >= 0.6 is 11.6 Å². The Morgan fingerprint density at radius 1 is 1.04 bits per heavy atom. The summed E-state index contributed by atoms with van der Waals surface area (Å²) in [5.74, 6) is -0.411. The predicted octanol–water partition coefficient (Wildman–Crippen LogP) is 3.83. The van der Waals surface area contributed by atoms with E-state index < -0.39 is 24.3 Å². The largest absolute Gasteiger partial charge is 0.427 e. The zero-order valence-corrected chi connectivity index (χ0v) is 15.7. The summed E-state index contributed by atoms with van der Waals surface area (Å²) in [6.07, 6.45) is 0.191. The first-order chi connectivity index (χ1) is 12.4. The molecule has 0 saturated carbocycles. The molecule has 144 valence electrons. The smallest absolute Gasteiger partial charge is 0.410 e. The van der Waals surface area contributed by atoms with E-state index in [2.05, 4.69) is 5.32 Å². The van der Waals surface area contributed by atoms with Gasteiger partial charge in [-0.25, -0.2) is 4.79 Å². The Hall–Kier alpha value is -2.28. The normalized spacial score (nSPS) is 11.3. The van der Waals surface area contributed by atoms with E-state index in [1.807, 2.05) is 6.92 Å². The van der Waals surface area contributed by atoms with Crippen LogP contribution in [0, 0.1) is 0 Å². The zero-order chi connectivity index (χ0) is 19.4. The fourth-order valence-electron chi connectivity index (χ4n) is 1.87. The second kappa shape index (κ2) is 12.1. The van der Waals surface area contributed by atoms with Crippen LogP contribution in [0.4, 0.5) is 4.79 Å². The summed E-state index contributed by atoms with van der Waals surface area (Å²) >= 11 is 5.75. The lowest BCUT2D eigenvalue weighted by molar-refractivity contribution is -0.168. The Morgan fingerprint density at radius 2 is 1.73 bits per heavy atom. The van der Waals surface area contributed by atoms with Crippen molar-refractivity contribution in [3.63, 3.8) is 0 Å². The zero-order valence-electron chi connectivity index (χ0n) is 15.0. The van der Waals surface area contributed by atoms with Gasteiger partial charge in [-0.05, 0) is 37.1 Å². The number of carbonyl (C=O) groups is 3. The SMILES string of the molecule is CCCC(=O)OC(CC)OC(=O)NCCCC(=O)Oc1ccc(Cl)cc1. The van der Waals surface area contributed by atoms with Gasteiger partial charge in [0.2, 0.25) is 6.29 Å². The van der Waals surface area contributed by atoms with Gasteiger partial charge >= 0.3 is 18.0 Å². The van der Waals surface area contributed by atoms with Gasteiger partial charge in [0, 0.05) is 30.8 Å². The molecule has 0 aromatic heterocycles. The highest BCUT2D eigenvalue weighted by Crippen LogP contribution is 2.16. The molecule has 0 bridgehead atoms. The van der Waals surface area contributed by atoms with E-state index in [4.69, 9.17) is 25.8 Å². The van der Waals surface area contributed by atoms with E-state index in [1.54, 1.807) is 31.2 Å². The van der Waals surface area contributed by atoms with Gasteiger partial charge in [0.05, 0.1) is 0 Å². The first-order valence-electron chi connectivity index (χ1n) is 8.54. The van der Waals surface area contributed by atoms with Gasteiger partial charge in [-0.3, -0.25) is 9.59 Å². The molecule has 1 unspecified atom stereocenters. The Balaban J connectivity index is 2.21. The summed E-state index contributed by atoms with van der Waals surface area (Å²) in [6, 6.07) is 6.44. The van der Waals surface area contributed by atoms with E-state index >= 15 is 0 Å². The minimum atomic E-state index is -0.913. The highest BCUT2D eigenvalue weighted by Gasteiger charge is 2.16. The lowest BCUT2D eigenvalue weighted by Gasteiger charge is -2.16. The number of benzene rings is 1. The molecule has 8 heteroatoms. The molecule has 0 fully saturated rings. The number of hydrogen-bond acceptors (Lipinski definition) is 6. The maximum absolute atomic E-state index is 11.7. The molecule has 1 rings (SSSR count). The third-order valence-electron chi connectivity index (χ3n) is 3.16. The van der Waals surface area contributed by atoms with Gasteiger partial charge < -0.3 is 19.5 Å². The molecule has 0 aliphatic carbocycles. The van der Waals surface area contributed by atoms with Crippen LogP contribution in [-0.4, -0.2) is 30.9 Å². The molecule has 0 spiro atoms. The number of rotatable bonds is 10. The fraction of sp³-hybridized carbons (Fsp3) is 0.500. The van der Waals surface area contributed by atoms with Gasteiger partial charge in [0.15, 0.2) is 0 Å². The van der Waals surface area contributed by atoms with Gasteiger partial charge in [0.1, 0.15) is 5.75 Å². The number of hydrogen-bond donors (Lipinski definition) is 1. The van der Waals surface area contributed by atoms with E-state index in [0.29, 0.717) is 30.0 Å². The summed E-state index contributed by atoms with van der Waals surface area (Å²) in [5.41, 5.74) is 0. The Kier molecular flexibility index (Phi) is 10.2. The van der Waals surface area contributed by atoms with Crippen molar-refractivity contribution in [2.45, 2.75) is 52.2 Å². The summed E-state index contributed by atoms with van der Waals surface area (Å²) in [7, 11) is 0. The minimum absolute atomic E-state index is 0.131. The first-order valence-corrected chi connectivity index (χ1v) is 8.92. The van der Waals surface area contributed by atoms with Crippen molar-refractivity contribution < 1.29 is 28.6 Å². The molecule has 26 heavy (non-hydrogen) atoms. The number of nitrogens with one attached hydrogen (secondary N) is 1. The molecule has 0 radical (unpaired) electrons. The Morgan fingerprint density at radius 3 is 2.35 bits per heavy atom. The van der Waals surface area contributed by atoms with E-state index in [9.17, 15) is 14.4 Å². The number of esters is 2. The molecule has 1 aromatic rings. The average Bonchev–Trinajstić information content (AvgIpc) is 2.60. The van der Waals surface area contributed by atoms with E-state index in [0.717, 1.165) is 0 Å². The van der Waals surface area contributed by atoms with Crippen LogP contribution in [0.5, 0.6) is 5.75 Å².